The molecule has 0 radical (unpaired) electrons. The first-order valence-electron chi connectivity index (χ1n) is 4.91. The summed E-state index contributed by atoms with van der Waals surface area (Å²) in [5, 5.41) is 0.626. The molecule has 2 unspecified atom stereocenters. The molecule has 0 N–H and O–H groups in total. The minimum Gasteiger partial charge on any atom is -0.300 e. The molecule has 2 heteroatoms. The number of ketones is 1. The molecule has 1 aliphatic rings. The fourth-order valence-electron chi connectivity index (χ4n) is 1.90. The van der Waals surface area contributed by atoms with E-state index in [0.717, 1.165) is 30.9 Å². The van der Waals surface area contributed by atoms with E-state index in [4.69, 9.17) is 0 Å². The molecule has 70 valence electrons. The molecule has 1 fully saturated rings. The Morgan fingerprint density at radius 2 is 2.25 bits per heavy atom. The molecule has 0 bridgehead atoms. The molecule has 2 atom stereocenters. The van der Waals surface area contributed by atoms with E-state index in [9.17, 15) is 4.79 Å². The number of hydrogen-bond acceptors (Lipinski definition) is 2. The maximum Gasteiger partial charge on any atom is 0.134 e. The second-order valence-corrected chi connectivity index (χ2v) is 4.96. The number of carbonyl (C=O) groups is 1. The van der Waals surface area contributed by atoms with Gasteiger partial charge < -0.3 is 0 Å². The second-order valence-electron chi connectivity index (χ2n) is 3.44. The molecule has 0 saturated heterocycles. The fraction of sp³-hybridized carbons (Fsp3) is 0.900. The Hall–Kier alpha value is 0.0200. The highest BCUT2D eigenvalue weighted by atomic mass is 32.2. The van der Waals surface area contributed by atoms with Crippen LogP contribution in [0.5, 0.6) is 0 Å². The van der Waals surface area contributed by atoms with Crippen molar-refractivity contribution in [3.8, 4) is 0 Å². The van der Waals surface area contributed by atoms with Crippen molar-refractivity contribution in [3.63, 3.8) is 0 Å². The molecule has 0 aromatic carbocycles. The maximum atomic E-state index is 11.2. The van der Waals surface area contributed by atoms with Gasteiger partial charge in [-0.15, -0.1) is 0 Å². The molecule has 1 saturated carbocycles. The Bertz CT molecular complexity index is 156. The lowest BCUT2D eigenvalue weighted by Gasteiger charge is -2.29. The quantitative estimate of drug-likeness (QED) is 0.674. The van der Waals surface area contributed by atoms with Crippen molar-refractivity contribution < 1.29 is 4.79 Å². The van der Waals surface area contributed by atoms with E-state index >= 15 is 0 Å². The van der Waals surface area contributed by atoms with Crippen LogP contribution in [-0.2, 0) is 4.79 Å². The van der Waals surface area contributed by atoms with Gasteiger partial charge in [0, 0.05) is 18.1 Å². The third-order valence-electron chi connectivity index (χ3n) is 2.65. The molecule has 1 nitrogen and oxygen atoms in total. The van der Waals surface area contributed by atoms with Crippen molar-refractivity contribution in [2.75, 3.05) is 5.75 Å². The molecule has 12 heavy (non-hydrogen) atoms. The Kier molecular flexibility index (Phi) is 4.13. The maximum absolute atomic E-state index is 11.2. The fourth-order valence-corrected chi connectivity index (χ4v) is 3.23. The van der Waals surface area contributed by atoms with E-state index in [-0.39, 0.29) is 0 Å². The van der Waals surface area contributed by atoms with E-state index in [1.54, 1.807) is 0 Å². The molecule has 0 spiro atoms. The van der Waals surface area contributed by atoms with Crippen LogP contribution in [0.4, 0.5) is 0 Å². The third kappa shape index (κ3) is 2.51. The minimum atomic E-state index is 0.477. The van der Waals surface area contributed by atoms with Gasteiger partial charge in [-0.2, -0.15) is 11.8 Å². The van der Waals surface area contributed by atoms with Crippen LogP contribution in [0.2, 0.25) is 0 Å². The molecule has 1 aliphatic carbocycles. The highest BCUT2D eigenvalue weighted by molar-refractivity contribution is 7.99. The summed E-state index contributed by atoms with van der Waals surface area (Å²) in [5.41, 5.74) is 0. The predicted molar refractivity (Wildman–Crippen MR) is 54.6 cm³/mol. The molecular formula is C10H18OS. The lowest BCUT2D eigenvalue weighted by atomic mass is 9.86. The van der Waals surface area contributed by atoms with E-state index in [2.05, 4.69) is 13.8 Å². The van der Waals surface area contributed by atoms with Gasteiger partial charge >= 0.3 is 0 Å². The van der Waals surface area contributed by atoms with Gasteiger partial charge in [0.05, 0.1) is 0 Å². The van der Waals surface area contributed by atoms with Gasteiger partial charge in [-0.05, 0) is 18.1 Å². The smallest absolute Gasteiger partial charge is 0.134 e. The van der Waals surface area contributed by atoms with Crippen molar-refractivity contribution in [1.82, 2.24) is 0 Å². The normalized spacial score (nSPS) is 30.7. The Labute approximate surface area is 79.3 Å². The largest absolute Gasteiger partial charge is 0.300 e. The van der Waals surface area contributed by atoms with E-state index in [1.165, 1.54) is 6.42 Å². The van der Waals surface area contributed by atoms with Gasteiger partial charge in [0.2, 0.25) is 0 Å². The monoisotopic (exact) mass is 186 g/mol. The summed E-state index contributed by atoms with van der Waals surface area (Å²) in [4.78, 5) is 11.2. The molecule has 1 rings (SSSR count). The third-order valence-corrected chi connectivity index (χ3v) is 3.97. The van der Waals surface area contributed by atoms with E-state index in [0.29, 0.717) is 11.0 Å². The number of hydrogen-bond donors (Lipinski definition) is 0. The number of rotatable bonds is 3. The van der Waals surface area contributed by atoms with Crippen LogP contribution in [0.3, 0.4) is 0 Å². The van der Waals surface area contributed by atoms with Crippen LogP contribution >= 0.6 is 11.8 Å². The van der Waals surface area contributed by atoms with Gasteiger partial charge in [0.15, 0.2) is 0 Å². The Morgan fingerprint density at radius 3 is 2.83 bits per heavy atom. The van der Waals surface area contributed by atoms with Gasteiger partial charge in [-0.1, -0.05) is 20.3 Å². The van der Waals surface area contributed by atoms with Crippen molar-refractivity contribution in [3.05, 3.63) is 0 Å². The summed E-state index contributed by atoms with van der Waals surface area (Å²) < 4.78 is 0. The zero-order chi connectivity index (χ0) is 8.97. The average molecular weight is 186 g/mol. The van der Waals surface area contributed by atoms with E-state index in [1.807, 2.05) is 11.8 Å². The van der Waals surface area contributed by atoms with Crippen molar-refractivity contribution in [2.24, 2.45) is 5.92 Å². The van der Waals surface area contributed by atoms with Crippen LogP contribution in [0.25, 0.3) is 0 Å². The second kappa shape index (κ2) is 4.90. The summed E-state index contributed by atoms with van der Waals surface area (Å²) in [6.45, 7) is 4.42. The van der Waals surface area contributed by atoms with Gasteiger partial charge in [-0.25, -0.2) is 0 Å². The summed E-state index contributed by atoms with van der Waals surface area (Å²) in [6, 6.07) is 0. The SMILES string of the molecule is CCSC1CC(=O)CCC1CC. The number of Topliss-reactive ketones (excluding diaryl/α,β-unsaturated/α-hetero) is 1. The first-order chi connectivity index (χ1) is 5.77. The summed E-state index contributed by atoms with van der Waals surface area (Å²) in [7, 11) is 0. The van der Waals surface area contributed by atoms with Gasteiger partial charge in [-0.3, -0.25) is 4.79 Å². The van der Waals surface area contributed by atoms with Gasteiger partial charge in [0.1, 0.15) is 5.78 Å². The van der Waals surface area contributed by atoms with Crippen molar-refractivity contribution in [2.45, 2.75) is 44.8 Å². The Balaban J connectivity index is 2.45. The molecule has 0 aromatic rings. The molecule has 0 aliphatic heterocycles. The summed E-state index contributed by atoms with van der Waals surface area (Å²) >= 11 is 1.97. The van der Waals surface area contributed by atoms with Crippen LogP contribution in [0.1, 0.15) is 39.5 Å². The summed E-state index contributed by atoms with van der Waals surface area (Å²) in [6.07, 6.45) is 4.04. The highest BCUT2D eigenvalue weighted by Crippen LogP contribution is 2.33. The van der Waals surface area contributed by atoms with Gasteiger partial charge in [0.25, 0.3) is 0 Å². The zero-order valence-electron chi connectivity index (χ0n) is 8.01. The van der Waals surface area contributed by atoms with Crippen LogP contribution in [0.15, 0.2) is 0 Å². The molecule has 0 aromatic heterocycles. The number of carbonyl (C=O) groups excluding carboxylic acids is 1. The average Bonchev–Trinajstić information content (AvgIpc) is 2.05. The first kappa shape index (κ1) is 10.1. The standard InChI is InChI=1S/C10H18OS/c1-3-8-5-6-9(11)7-10(8)12-4-2/h8,10H,3-7H2,1-2H3. The lowest BCUT2D eigenvalue weighted by molar-refractivity contribution is -0.120. The molecule has 0 amide bonds. The van der Waals surface area contributed by atoms with Crippen LogP contribution in [-0.4, -0.2) is 16.8 Å². The lowest BCUT2D eigenvalue weighted by Crippen LogP contribution is -2.26. The topological polar surface area (TPSA) is 17.1 Å². The van der Waals surface area contributed by atoms with Crippen molar-refractivity contribution >= 4 is 17.5 Å². The molecular weight excluding hydrogens is 168 g/mol. The van der Waals surface area contributed by atoms with Crippen molar-refractivity contribution in [1.29, 1.82) is 0 Å². The minimum absolute atomic E-state index is 0.477. The van der Waals surface area contributed by atoms with Crippen LogP contribution < -0.4 is 0 Å². The Morgan fingerprint density at radius 1 is 1.50 bits per heavy atom. The molecule has 0 heterocycles. The van der Waals surface area contributed by atoms with E-state index < -0.39 is 0 Å². The first-order valence-corrected chi connectivity index (χ1v) is 5.96. The highest BCUT2D eigenvalue weighted by Gasteiger charge is 2.27. The zero-order valence-corrected chi connectivity index (χ0v) is 8.82. The van der Waals surface area contributed by atoms with Crippen LogP contribution in [0, 0.1) is 5.92 Å². The number of thioether (sulfide) groups is 1. The predicted octanol–water partition coefficient (Wildman–Crippen LogP) is 2.89. The summed E-state index contributed by atoms with van der Waals surface area (Å²) in [5.74, 6) is 2.42.